The minimum Gasteiger partial charge on any atom is -0.491 e. The number of benzene rings is 2. The lowest BCUT2D eigenvalue weighted by Crippen LogP contribution is -2.29. The van der Waals surface area contributed by atoms with Gasteiger partial charge in [0.1, 0.15) is 12.4 Å². The fourth-order valence-electron chi connectivity index (χ4n) is 2.44. The molecule has 1 unspecified atom stereocenters. The van der Waals surface area contributed by atoms with E-state index in [1.54, 1.807) is 25.2 Å². The molecule has 1 heterocycles. The van der Waals surface area contributed by atoms with Crippen LogP contribution in [0.2, 0.25) is 5.02 Å². The summed E-state index contributed by atoms with van der Waals surface area (Å²) in [6, 6.07) is 12.8. The van der Waals surface area contributed by atoms with Crippen LogP contribution in [0.1, 0.15) is 22.0 Å². The van der Waals surface area contributed by atoms with Crippen molar-refractivity contribution in [3.8, 4) is 5.75 Å². The number of ether oxygens (including phenoxy) is 1. The van der Waals surface area contributed by atoms with Crippen molar-refractivity contribution < 1.29 is 9.53 Å². The van der Waals surface area contributed by atoms with Crippen molar-refractivity contribution in [2.45, 2.75) is 6.04 Å². The lowest BCUT2D eigenvalue weighted by molar-refractivity contribution is 0.0931. The highest BCUT2D eigenvalue weighted by atomic mass is 35.5. The summed E-state index contributed by atoms with van der Waals surface area (Å²) in [7, 11) is 1.77. The van der Waals surface area contributed by atoms with E-state index in [0.29, 0.717) is 17.2 Å². The molecule has 0 aliphatic carbocycles. The Labute approximate surface area is 128 Å². The minimum absolute atomic E-state index is 0.141. The van der Waals surface area contributed by atoms with Gasteiger partial charge in [-0.3, -0.25) is 4.79 Å². The molecule has 0 aromatic heterocycles. The van der Waals surface area contributed by atoms with Gasteiger partial charge in [0.15, 0.2) is 0 Å². The summed E-state index contributed by atoms with van der Waals surface area (Å²) in [4.78, 5) is 12.5. The van der Waals surface area contributed by atoms with Crippen LogP contribution in [-0.2, 0) is 0 Å². The van der Waals surface area contributed by atoms with Gasteiger partial charge in [0.25, 0.3) is 5.91 Å². The highest BCUT2D eigenvalue weighted by molar-refractivity contribution is 6.31. The first-order chi connectivity index (χ1) is 10.2. The zero-order valence-corrected chi connectivity index (χ0v) is 12.3. The average molecular weight is 303 g/mol. The Morgan fingerprint density at radius 3 is 2.90 bits per heavy atom. The third-order valence-electron chi connectivity index (χ3n) is 3.50. The second-order valence-corrected chi connectivity index (χ2v) is 5.25. The number of carbonyl (C=O) groups excluding carboxylic acids is 1. The highest BCUT2D eigenvalue weighted by Gasteiger charge is 2.26. The molecule has 0 saturated heterocycles. The summed E-state index contributed by atoms with van der Waals surface area (Å²) >= 11 is 5.98. The molecule has 2 aromatic rings. The minimum atomic E-state index is -0.174. The van der Waals surface area contributed by atoms with Crippen LogP contribution in [0.15, 0.2) is 42.5 Å². The van der Waals surface area contributed by atoms with Gasteiger partial charge in [-0.05, 0) is 24.3 Å². The standard InChI is InChI=1S/C16H15ClN2O2/c1-18-13-7-6-10(17)8-12(13)16(20)19-14-9-21-15-5-3-2-4-11(14)15/h2-8,14,18H,9H2,1H3,(H,19,20). The maximum atomic E-state index is 12.5. The quantitative estimate of drug-likeness (QED) is 0.915. The normalized spacial score (nSPS) is 16.0. The van der Waals surface area contributed by atoms with Crippen LogP contribution in [0.25, 0.3) is 0 Å². The van der Waals surface area contributed by atoms with Crippen molar-refractivity contribution >= 4 is 23.2 Å². The van der Waals surface area contributed by atoms with E-state index >= 15 is 0 Å². The summed E-state index contributed by atoms with van der Waals surface area (Å²) in [5, 5.41) is 6.52. The summed E-state index contributed by atoms with van der Waals surface area (Å²) in [6.07, 6.45) is 0. The van der Waals surface area contributed by atoms with E-state index in [0.717, 1.165) is 17.0 Å². The summed E-state index contributed by atoms with van der Waals surface area (Å²) in [6.45, 7) is 0.445. The Bertz CT molecular complexity index is 688. The number of amides is 1. The molecule has 5 heteroatoms. The molecule has 21 heavy (non-hydrogen) atoms. The van der Waals surface area contributed by atoms with Crippen LogP contribution in [0, 0.1) is 0 Å². The van der Waals surface area contributed by atoms with Crippen molar-refractivity contribution in [2.75, 3.05) is 19.0 Å². The molecule has 0 fully saturated rings. The number of hydrogen-bond acceptors (Lipinski definition) is 3. The molecule has 1 atom stereocenters. The zero-order valence-electron chi connectivity index (χ0n) is 11.5. The van der Waals surface area contributed by atoms with Crippen LogP contribution >= 0.6 is 11.6 Å². The van der Waals surface area contributed by atoms with Crippen LogP contribution in [0.4, 0.5) is 5.69 Å². The first kappa shape index (κ1) is 13.8. The molecular formula is C16H15ClN2O2. The third kappa shape index (κ3) is 2.67. The number of nitrogens with one attached hydrogen (secondary N) is 2. The van der Waals surface area contributed by atoms with Gasteiger partial charge in [0.05, 0.1) is 11.6 Å². The number of rotatable bonds is 3. The Morgan fingerprint density at radius 2 is 2.10 bits per heavy atom. The molecule has 1 aliphatic rings. The Balaban J connectivity index is 1.83. The second-order valence-electron chi connectivity index (χ2n) is 4.81. The number of fused-ring (bicyclic) bond motifs is 1. The predicted octanol–water partition coefficient (Wildman–Crippen LogP) is 3.25. The SMILES string of the molecule is CNc1ccc(Cl)cc1C(=O)NC1COc2ccccc21. The number of anilines is 1. The fraction of sp³-hybridized carbons (Fsp3) is 0.188. The topological polar surface area (TPSA) is 50.4 Å². The molecule has 1 aliphatic heterocycles. The lowest BCUT2D eigenvalue weighted by atomic mass is 10.1. The number of para-hydroxylation sites is 1. The largest absolute Gasteiger partial charge is 0.491 e. The van der Waals surface area contributed by atoms with E-state index in [1.807, 2.05) is 24.3 Å². The van der Waals surface area contributed by atoms with E-state index in [9.17, 15) is 4.79 Å². The molecule has 3 rings (SSSR count). The third-order valence-corrected chi connectivity index (χ3v) is 3.74. The van der Waals surface area contributed by atoms with E-state index < -0.39 is 0 Å². The molecule has 2 N–H and O–H groups in total. The van der Waals surface area contributed by atoms with Crippen molar-refractivity contribution in [3.63, 3.8) is 0 Å². The maximum absolute atomic E-state index is 12.5. The number of carbonyl (C=O) groups is 1. The molecular weight excluding hydrogens is 288 g/mol. The maximum Gasteiger partial charge on any atom is 0.254 e. The number of halogens is 1. The average Bonchev–Trinajstić information content (AvgIpc) is 2.90. The Kier molecular flexibility index (Phi) is 3.71. The van der Waals surface area contributed by atoms with Crippen LogP contribution in [-0.4, -0.2) is 19.6 Å². The van der Waals surface area contributed by atoms with Crippen LogP contribution in [0.3, 0.4) is 0 Å². The zero-order chi connectivity index (χ0) is 14.8. The van der Waals surface area contributed by atoms with Gasteiger partial charge in [-0.25, -0.2) is 0 Å². The summed E-state index contributed by atoms with van der Waals surface area (Å²) in [5.41, 5.74) is 2.26. The van der Waals surface area contributed by atoms with Crippen molar-refractivity contribution in [2.24, 2.45) is 0 Å². The van der Waals surface area contributed by atoms with Gasteiger partial charge in [-0.1, -0.05) is 29.8 Å². The van der Waals surface area contributed by atoms with Crippen molar-refractivity contribution in [1.82, 2.24) is 5.32 Å². The van der Waals surface area contributed by atoms with E-state index in [1.165, 1.54) is 0 Å². The van der Waals surface area contributed by atoms with Crippen LogP contribution in [0.5, 0.6) is 5.75 Å². The molecule has 0 radical (unpaired) electrons. The second kappa shape index (κ2) is 5.66. The first-order valence-corrected chi connectivity index (χ1v) is 7.06. The smallest absolute Gasteiger partial charge is 0.254 e. The highest BCUT2D eigenvalue weighted by Crippen LogP contribution is 2.32. The van der Waals surface area contributed by atoms with Gasteiger partial charge >= 0.3 is 0 Å². The first-order valence-electron chi connectivity index (χ1n) is 6.69. The molecule has 0 spiro atoms. The molecule has 1 amide bonds. The van der Waals surface area contributed by atoms with E-state index in [4.69, 9.17) is 16.3 Å². The lowest BCUT2D eigenvalue weighted by Gasteiger charge is -2.14. The summed E-state index contributed by atoms with van der Waals surface area (Å²) in [5.74, 6) is 0.648. The Morgan fingerprint density at radius 1 is 1.29 bits per heavy atom. The Hall–Kier alpha value is -2.20. The van der Waals surface area contributed by atoms with E-state index in [2.05, 4.69) is 10.6 Å². The van der Waals surface area contributed by atoms with Gasteiger partial charge < -0.3 is 15.4 Å². The van der Waals surface area contributed by atoms with Crippen LogP contribution < -0.4 is 15.4 Å². The molecule has 2 aromatic carbocycles. The molecule has 4 nitrogen and oxygen atoms in total. The van der Waals surface area contributed by atoms with E-state index in [-0.39, 0.29) is 11.9 Å². The molecule has 0 bridgehead atoms. The summed E-state index contributed by atoms with van der Waals surface area (Å²) < 4.78 is 5.57. The number of hydrogen-bond donors (Lipinski definition) is 2. The molecule has 108 valence electrons. The fourth-order valence-corrected chi connectivity index (χ4v) is 2.61. The monoisotopic (exact) mass is 302 g/mol. The van der Waals surface area contributed by atoms with Crippen molar-refractivity contribution in [3.05, 3.63) is 58.6 Å². The van der Waals surface area contributed by atoms with Gasteiger partial charge in [0, 0.05) is 23.3 Å². The van der Waals surface area contributed by atoms with Crippen molar-refractivity contribution in [1.29, 1.82) is 0 Å². The predicted molar refractivity (Wildman–Crippen MR) is 83.1 cm³/mol. The van der Waals surface area contributed by atoms with Gasteiger partial charge in [-0.2, -0.15) is 0 Å². The van der Waals surface area contributed by atoms with Gasteiger partial charge in [0.2, 0.25) is 0 Å². The van der Waals surface area contributed by atoms with Gasteiger partial charge in [-0.15, -0.1) is 0 Å². The molecule has 0 saturated carbocycles.